The Balaban J connectivity index is 1.66. The zero-order valence-corrected chi connectivity index (χ0v) is 18.5. The van der Waals surface area contributed by atoms with Crippen molar-refractivity contribution in [2.75, 3.05) is 13.1 Å². The van der Waals surface area contributed by atoms with Gasteiger partial charge >= 0.3 is 0 Å². The number of benzene rings is 2. The van der Waals surface area contributed by atoms with Crippen molar-refractivity contribution in [2.24, 2.45) is 0 Å². The van der Waals surface area contributed by atoms with Gasteiger partial charge in [0, 0.05) is 23.7 Å². The molecule has 0 spiro atoms. The lowest BCUT2D eigenvalue weighted by Crippen LogP contribution is -2.20. The number of rotatable bonds is 5. The van der Waals surface area contributed by atoms with Gasteiger partial charge in [-0.3, -0.25) is 0 Å². The molecule has 1 N–H and O–H groups in total. The summed E-state index contributed by atoms with van der Waals surface area (Å²) in [7, 11) is -3.80. The molecule has 0 saturated heterocycles. The molecule has 0 amide bonds. The summed E-state index contributed by atoms with van der Waals surface area (Å²) in [6.07, 6.45) is 8.78. The van der Waals surface area contributed by atoms with Crippen LogP contribution in [0.4, 0.5) is 4.39 Å². The first-order chi connectivity index (χ1) is 15.0. The molecule has 31 heavy (non-hydrogen) atoms. The van der Waals surface area contributed by atoms with Crippen LogP contribution in [0.15, 0.2) is 53.6 Å². The van der Waals surface area contributed by atoms with E-state index in [0.29, 0.717) is 21.7 Å². The van der Waals surface area contributed by atoms with Crippen LogP contribution < -0.4 is 5.32 Å². The lowest BCUT2D eigenvalue weighted by molar-refractivity contribution is 0.587. The van der Waals surface area contributed by atoms with Crippen LogP contribution in [0, 0.1) is 5.82 Å². The quantitative estimate of drug-likeness (QED) is 0.594. The lowest BCUT2D eigenvalue weighted by Gasteiger charge is -2.13. The molecule has 2 aliphatic rings. The molecular weight excluding hydrogens is 411 g/mol. The first-order valence-electron chi connectivity index (χ1n) is 11.1. The Hall–Kier alpha value is -2.44. The highest BCUT2D eigenvalue weighted by molar-refractivity contribution is 7.90. The Morgan fingerprint density at radius 1 is 1.16 bits per heavy atom. The normalized spacial score (nSPS) is 18.9. The first kappa shape index (κ1) is 20.5. The Kier molecular flexibility index (Phi) is 5.22. The fourth-order valence-corrected chi connectivity index (χ4v) is 6.49. The van der Waals surface area contributed by atoms with Gasteiger partial charge in [0.1, 0.15) is 5.82 Å². The number of aromatic nitrogens is 1. The molecule has 6 heteroatoms. The molecule has 1 aromatic heterocycles. The minimum Gasteiger partial charge on any atom is -0.313 e. The molecule has 4 nitrogen and oxygen atoms in total. The topological polar surface area (TPSA) is 51.1 Å². The van der Waals surface area contributed by atoms with Crippen molar-refractivity contribution in [2.45, 2.75) is 49.8 Å². The Labute approximate surface area is 182 Å². The van der Waals surface area contributed by atoms with Gasteiger partial charge in [-0.1, -0.05) is 25.5 Å². The van der Waals surface area contributed by atoms with Crippen molar-refractivity contribution < 1.29 is 12.8 Å². The summed E-state index contributed by atoms with van der Waals surface area (Å²) in [5.74, 6) is 0.0690. The summed E-state index contributed by atoms with van der Waals surface area (Å²) in [5, 5.41) is 3.91. The summed E-state index contributed by atoms with van der Waals surface area (Å²) in [4.78, 5) is 0.307. The van der Waals surface area contributed by atoms with Crippen molar-refractivity contribution in [3.8, 4) is 0 Å². The number of aryl methyl sites for hydroxylation is 1. The minimum atomic E-state index is -3.80. The van der Waals surface area contributed by atoms with Crippen molar-refractivity contribution >= 4 is 26.5 Å². The smallest absolute Gasteiger partial charge is 0.268 e. The van der Waals surface area contributed by atoms with E-state index in [1.807, 2.05) is 12.1 Å². The Bertz CT molecular complexity index is 1290. The van der Waals surface area contributed by atoms with Gasteiger partial charge in [-0.15, -0.1) is 0 Å². The van der Waals surface area contributed by atoms with Crippen molar-refractivity contribution in [3.05, 3.63) is 71.2 Å². The van der Waals surface area contributed by atoms with Crippen LogP contribution in [-0.4, -0.2) is 25.5 Å². The lowest BCUT2D eigenvalue weighted by atomic mass is 9.97. The number of hydrogen-bond acceptors (Lipinski definition) is 3. The zero-order chi connectivity index (χ0) is 21.6. The predicted molar refractivity (Wildman–Crippen MR) is 122 cm³/mol. The van der Waals surface area contributed by atoms with Gasteiger partial charge in [0.15, 0.2) is 0 Å². The van der Waals surface area contributed by atoms with Gasteiger partial charge in [0.2, 0.25) is 0 Å². The third-order valence-corrected chi connectivity index (χ3v) is 8.33. The van der Waals surface area contributed by atoms with Crippen LogP contribution in [0.2, 0.25) is 0 Å². The fraction of sp³-hybridized carbons (Fsp3) is 0.360. The van der Waals surface area contributed by atoms with Gasteiger partial charge < -0.3 is 5.32 Å². The van der Waals surface area contributed by atoms with Crippen molar-refractivity contribution in [1.29, 1.82) is 0 Å². The molecule has 1 unspecified atom stereocenters. The molecule has 0 radical (unpaired) electrons. The fourth-order valence-electron chi connectivity index (χ4n) is 5.08. The Morgan fingerprint density at radius 3 is 2.81 bits per heavy atom. The molecule has 1 atom stereocenters. The summed E-state index contributed by atoms with van der Waals surface area (Å²) < 4.78 is 42.9. The number of nitrogens with zero attached hydrogens (tertiary/aromatic N) is 1. The van der Waals surface area contributed by atoms with Crippen molar-refractivity contribution in [1.82, 2.24) is 9.29 Å². The first-order valence-corrected chi connectivity index (χ1v) is 12.5. The molecular formula is C25H27FN2O2S. The van der Waals surface area contributed by atoms with Gasteiger partial charge in [-0.2, -0.15) is 0 Å². The van der Waals surface area contributed by atoms with E-state index in [1.165, 1.54) is 27.2 Å². The second-order valence-electron chi connectivity index (χ2n) is 8.57. The van der Waals surface area contributed by atoms with E-state index in [1.54, 1.807) is 18.3 Å². The van der Waals surface area contributed by atoms with Gasteiger partial charge in [0.05, 0.1) is 10.4 Å². The summed E-state index contributed by atoms with van der Waals surface area (Å²) in [6.45, 7) is 3.72. The summed E-state index contributed by atoms with van der Waals surface area (Å²) in [5.41, 5.74) is 4.80. The molecule has 5 rings (SSSR count). The van der Waals surface area contributed by atoms with Crippen molar-refractivity contribution in [3.63, 3.8) is 0 Å². The van der Waals surface area contributed by atoms with E-state index in [9.17, 15) is 12.8 Å². The van der Waals surface area contributed by atoms with Crippen LogP contribution in [0.25, 0.3) is 16.5 Å². The highest BCUT2D eigenvalue weighted by Crippen LogP contribution is 2.38. The monoisotopic (exact) mass is 438 g/mol. The van der Waals surface area contributed by atoms with E-state index >= 15 is 0 Å². The average molecular weight is 439 g/mol. The number of halogens is 1. The zero-order valence-electron chi connectivity index (χ0n) is 17.7. The molecule has 0 fully saturated rings. The number of hydrogen-bond donors (Lipinski definition) is 1. The third-order valence-electron chi connectivity index (χ3n) is 6.66. The molecule has 2 heterocycles. The van der Waals surface area contributed by atoms with Crippen LogP contribution in [-0.2, 0) is 16.4 Å². The van der Waals surface area contributed by atoms with E-state index in [2.05, 4.69) is 18.3 Å². The third kappa shape index (κ3) is 3.52. The van der Waals surface area contributed by atoms with Crippen LogP contribution in [0.5, 0.6) is 0 Å². The number of fused-ring (bicyclic) bond motifs is 2. The maximum absolute atomic E-state index is 14.1. The molecule has 1 aliphatic heterocycles. The predicted octanol–water partition coefficient (Wildman–Crippen LogP) is 5.22. The van der Waals surface area contributed by atoms with Gasteiger partial charge in [0.25, 0.3) is 10.0 Å². The van der Waals surface area contributed by atoms with Crippen LogP contribution in [0.3, 0.4) is 0 Å². The molecule has 0 bridgehead atoms. The SMILES string of the molecule is CCCC1CCc2ccc(S(=O)(=O)n3cc(C4=CCNCC4)c4cc(F)ccc43)cc21. The summed E-state index contributed by atoms with van der Waals surface area (Å²) >= 11 is 0. The second-order valence-corrected chi connectivity index (χ2v) is 10.4. The van der Waals surface area contributed by atoms with Crippen LogP contribution >= 0.6 is 0 Å². The maximum Gasteiger partial charge on any atom is 0.268 e. The average Bonchev–Trinajstić information content (AvgIpc) is 3.36. The van der Waals surface area contributed by atoms with Crippen LogP contribution in [0.1, 0.15) is 55.2 Å². The Morgan fingerprint density at radius 2 is 2.03 bits per heavy atom. The second kappa shape index (κ2) is 7.92. The largest absolute Gasteiger partial charge is 0.313 e. The van der Waals surface area contributed by atoms with Gasteiger partial charge in [-0.05, 0) is 85.2 Å². The summed E-state index contributed by atoms with van der Waals surface area (Å²) in [6, 6.07) is 9.91. The highest BCUT2D eigenvalue weighted by atomic mass is 32.2. The molecule has 162 valence electrons. The molecule has 0 saturated carbocycles. The molecule has 2 aromatic carbocycles. The highest BCUT2D eigenvalue weighted by Gasteiger charge is 2.27. The van der Waals surface area contributed by atoms with E-state index in [-0.39, 0.29) is 5.82 Å². The minimum absolute atomic E-state index is 0.307. The van der Waals surface area contributed by atoms with E-state index < -0.39 is 10.0 Å². The van der Waals surface area contributed by atoms with Gasteiger partial charge in [-0.25, -0.2) is 16.8 Å². The molecule has 3 aromatic rings. The molecule has 1 aliphatic carbocycles. The van der Waals surface area contributed by atoms with E-state index in [0.717, 1.165) is 56.3 Å². The standard InChI is InChI=1S/C25H27FN2O2S/c1-2-3-17-4-5-18-6-8-21(15-22(17)18)31(29,30)28-16-24(19-10-12-27-13-11-19)23-14-20(26)7-9-25(23)28/h6-10,14-17,27H,2-5,11-13H2,1H3. The maximum atomic E-state index is 14.1. The van der Waals surface area contributed by atoms with E-state index in [4.69, 9.17) is 0 Å². The number of nitrogens with one attached hydrogen (secondary N) is 1.